The molecule has 3 aromatic rings. The normalized spacial score (nSPS) is 11.8. The predicted molar refractivity (Wildman–Crippen MR) is 129 cm³/mol. The Balaban J connectivity index is 2.12. The summed E-state index contributed by atoms with van der Waals surface area (Å²) in [6.07, 6.45) is -4.64. The molecule has 0 aliphatic heterocycles. The second-order valence-corrected chi connectivity index (χ2v) is 9.57. The summed E-state index contributed by atoms with van der Waals surface area (Å²) in [7, 11) is 0. The standard InChI is InChI=1S/C24H27F3N4O2S/c1-14(2)12-31(13-15(3)4)20-10-9-16(17-7-5-6-8-18(17)21(32)33)11-19(20)28-23-29-22(30-34-23)24(25,26)27/h5-11,14-15H,12-13H2,1-4H3,(H,32,33)(H,28,29,30). The molecular formula is C24H27F3N4O2S. The van der Waals surface area contributed by atoms with Crippen LogP contribution < -0.4 is 10.2 Å². The minimum Gasteiger partial charge on any atom is -0.478 e. The predicted octanol–water partition coefficient (Wildman–Crippen LogP) is 6.78. The fraction of sp³-hybridized carbons (Fsp3) is 0.375. The Kier molecular flexibility index (Phi) is 7.81. The fourth-order valence-corrected chi connectivity index (χ4v) is 4.26. The van der Waals surface area contributed by atoms with E-state index < -0.39 is 18.0 Å². The van der Waals surface area contributed by atoms with Crippen molar-refractivity contribution in [1.82, 2.24) is 9.36 Å². The van der Waals surface area contributed by atoms with Crippen molar-refractivity contribution in [3.8, 4) is 11.1 Å². The lowest BCUT2D eigenvalue weighted by atomic mass is 9.98. The molecular weight excluding hydrogens is 465 g/mol. The number of halogens is 3. The zero-order valence-electron chi connectivity index (χ0n) is 19.3. The Labute approximate surface area is 200 Å². The van der Waals surface area contributed by atoms with Crippen molar-refractivity contribution in [1.29, 1.82) is 0 Å². The number of carboxylic acids is 1. The third-order valence-electron chi connectivity index (χ3n) is 4.90. The number of anilines is 3. The molecule has 0 fully saturated rings. The summed E-state index contributed by atoms with van der Waals surface area (Å²) in [5.41, 5.74) is 2.60. The molecule has 0 aliphatic rings. The lowest BCUT2D eigenvalue weighted by Gasteiger charge is -2.30. The van der Waals surface area contributed by atoms with E-state index >= 15 is 0 Å². The van der Waals surface area contributed by atoms with Crippen LogP contribution in [-0.4, -0.2) is 33.5 Å². The van der Waals surface area contributed by atoms with Crippen LogP contribution >= 0.6 is 11.5 Å². The van der Waals surface area contributed by atoms with E-state index in [0.29, 0.717) is 40.2 Å². The first-order chi connectivity index (χ1) is 16.0. The maximum absolute atomic E-state index is 13.0. The lowest BCUT2D eigenvalue weighted by Crippen LogP contribution is -2.31. The van der Waals surface area contributed by atoms with Gasteiger partial charge in [-0.3, -0.25) is 0 Å². The molecule has 0 saturated carbocycles. The van der Waals surface area contributed by atoms with E-state index in [2.05, 4.69) is 47.3 Å². The van der Waals surface area contributed by atoms with Crippen LogP contribution in [0.15, 0.2) is 42.5 Å². The highest BCUT2D eigenvalue weighted by molar-refractivity contribution is 7.09. The first-order valence-corrected chi connectivity index (χ1v) is 11.6. The second kappa shape index (κ2) is 10.4. The minimum absolute atomic E-state index is 0.00582. The van der Waals surface area contributed by atoms with Crippen LogP contribution in [0.25, 0.3) is 11.1 Å². The Bertz CT molecular complexity index is 1140. The average Bonchev–Trinajstić information content (AvgIpc) is 3.21. The van der Waals surface area contributed by atoms with E-state index in [4.69, 9.17) is 0 Å². The molecule has 0 spiro atoms. The highest BCUT2D eigenvalue weighted by atomic mass is 32.1. The molecule has 2 N–H and O–H groups in total. The van der Waals surface area contributed by atoms with Gasteiger partial charge in [-0.15, -0.1) is 0 Å². The molecule has 1 aromatic heterocycles. The Morgan fingerprint density at radius 3 is 2.29 bits per heavy atom. The highest BCUT2D eigenvalue weighted by Crippen LogP contribution is 2.37. The van der Waals surface area contributed by atoms with Crippen LogP contribution in [0.4, 0.5) is 29.7 Å². The number of hydrogen-bond donors (Lipinski definition) is 2. The molecule has 2 aromatic carbocycles. The molecule has 182 valence electrons. The second-order valence-electron chi connectivity index (χ2n) is 8.82. The van der Waals surface area contributed by atoms with Gasteiger partial charge in [0.2, 0.25) is 11.0 Å². The van der Waals surface area contributed by atoms with E-state index in [1.165, 1.54) is 6.07 Å². The van der Waals surface area contributed by atoms with E-state index in [-0.39, 0.29) is 10.7 Å². The summed E-state index contributed by atoms with van der Waals surface area (Å²) >= 11 is 0.624. The Morgan fingerprint density at radius 2 is 1.74 bits per heavy atom. The number of rotatable bonds is 9. The van der Waals surface area contributed by atoms with Crippen molar-refractivity contribution in [2.24, 2.45) is 11.8 Å². The van der Waals surface area contributed by atoms with Crippen molar-refractivity contribution in [3.05, 3.63) is 53.9 Å². The number of aromatic nitrogens is 2. The largest absolute Gasteiger partial charge is 0.478 e. The summed E-state index contributed by atoms with van der Waals surface area (Å²) in [5, 5.41) is 12.6. The first-order valence-electron chi connectivity index (χ1n) is 10.8. The summed E-state index contributed by atoms with van der Waals surface area (Å²) in [5.74, 6) is -1.57. The van der Waals surface area contributed by atoms with Crippen molar-refractivity contribution < 1.29 is 23.1 Å². The zero-order chi connectivity index (χ0) is 25.0. The van der Waals surface area contributed by atoms with Gasteiger partial charge < -0.3 is 15.3 Å². The molecule has 1 heterocycles. The maximum atomic E-state index is 13.0. The fourth-order valence-electron chi connectivity index (χ4n) is 3.66. The number of carbonyl (C=O) groups is 1. The molecule has 6 nitrogen and oxygen atoms in total. The quantitative estimate of drug-likeness (QED) is 0.343. The van der Waals surface area contributed by atoms with Crippen molar-refractivity contribution in [2.75, 3.05) is 23.3 Å². The first kappa shape index (κ1) is 25.5. The van der Waals surface area contributed by atoms with Gasteiger partial charge >= 0.3 is 12.1 Å². The molecule has 0 unspecified atom stereocenters. The Morgan fingerprint density at radius 1 is 1.09 bits per heavy atom. The molecule has 0 bridgehead atoms. The van der Waals surface area contributed by atoms with Crippen molar-refractivity contribution >= 4 is 34.0 Å². The van der Waals surface area contributed by atoms with Crippen molar-refractivity contribution in [3.63, 3.8) is 0 Å². The molecule has 0 aliphatic carbocycles. The number of aromatic carboxylic acids is 1. The molecule has 3 rings (SSSR count). The number of nitrogens with zero attached hydrogens (tertiary/aromatic N) is 3. The van der Waals surface area contributed by atoms with Crippen molar-refractivity contribution in [2.45, 2.75) is 33.9 Å². The molecule has 0 radical (unpaired) electrons. The van der Waals surface area contributed by atoms with Crippen LogP contribution in [0.1, 0.15) is 43.9 Å². The lowest BCUT2D eigenvalue weighted by molar-refractivity contribution is -0.144. The summed E-state index contributed by atoms with van der Waals surface area (Å²) < 4.78 is 42.5. The number of carboxylic acid groups (broad SMARTS) is 1. The summed E-state index contributed by atoms with van der Waals surface area (Å²) in [4.78, 5) is 17.5. The number of nitrogens with one attached hydrogen (secondary N) is 1. The summed E-state index contributed by atoms with van der Waals surface area (Å²) in [6.45, 7) is 9.86. The van der Waals surface area contributed by atoms with E-state index in [0.717, 1.165) is 18.8 Å². The SMILES string of the molecule is CC(C)CN(CC(C)C)c1ccc(-c2ccccc2C(=O)O)cc1Nc1nc(C(F)(F)F)ns1. The van der Waals surface area contributed by atoms with E-state index in [9.17, 15) is 23.1 Å². The summed E-state index contributed by atoms with van der Waals surface area (Å²) in [6, 6.07) is 12.1. The average molecular weight is 493 g/mol. The van der Waals surface area contributed by atoms with Crippen LogP contribution in [0.2, 0.25) is 0 Å². The van der Waals surface area contributed by atoms with Crippen LogP contribution in [0, 0.1) is 11.8 Å². The van der Waals surface area contributed by atoms with Gasteiger partial charge in [0.05, 0.1) is 16.9 Å². The minimum atomic E-state index is -4.64. The third kappa shape index (κ3) is 6.25. The number of benzene rings is 2. The van der Waals surface area contributed by atoms with Crippen LogP contribution in [0.5, 0.6) is 0 Å². The zero-order valence-corrected chi connectivity index (χ0v) is 20.2. The third-order valence-corrected chi connectivity index (χ3v) is 5.53. The number of hydrogen-bond acceptors (Lipinski definition) is 6. The maximum Gasteiger partial charge on any atom is 0.452 e. The van der Waals surface area contributed by atoms with Gasteiger partial charge in [0.1, 0.15) is 0 Å². The van der Waals surface area contributed by atoms with Crippen LogP contribution in [0.3, 0.4) is 0 Å². The molecule has 0 atom stereocenters. The van der Waals surface area contributed by atoms with E-state index in [1.807, 2.05) is 12.1 Å². The number of alkyl halides is 3. The smallest absolute Gasteiger partial charge is 0.452 e. The van der Waals surface area contributed by atoms with Gasteiger partial charge in [-0.25, -0.2) is 4.79 Å². The molecule has 0 saturated heterocycles. The Hall–Kier alpha value is -3.14. The van der Waals surface area contributed by atoms with Gasteiger partial charge in [-0.1, -0.05) is 52.0 Å². The van der Waals surface area contributed by atoms with Crippen LogP contribution in [-0.2, 0) is 6.18 Å². The van der Waals surface area contributed by atoms with E-state index in [1.54, 1.807) is 24.3 Å². The van der Waals surface area contributed by atoms with Gasteiger partial charge in [0, 0.05) is 24.6 Å². The monoisotopic (exact) mass is 492 g/mol. The highest BCUT2D eigenvalue weighted by Gasteiger charge is 2.36. The molecule has 34 heavy (non-hydrogen) atoms. The van der Waals surface area contributed by atoms with Gasteiger partial charge in [0.25, 0.3) is 0 Å². The van der Waals surface area contributed by atoms with Gasteiger partial charge in [-0.2, -0.15) is 22.5 Å². The van der Waals surface area contributed by atoms with Gasteiger partial charge in [0.15, 0.2) is 0 Å². The topological polar surface area (TPSA) is 78.4 Å². The van der Waals surface area contributed by atoms with Gasteiger partial charge in [-0.05, 0) is 41.2 Å². The molecule has 10 heteroatoms. The molecule has 0 amide bonds.